The highest BCUT2D eigenvalue weighted by atomic mass is 32.1. The maximum Gasteiger partial charge on any atom is 0.233 e. The van der Waals surface area contributed by atoms with Crippen LogP contribution in [-0.4, -0.2) is 51.8 Å². The van der Waals surface area contributed by atoms with Gasteiger partial charge < -0.3 is 20.6 Å². The third-order valence-electron chi connectivity index (χ3n) is 2.47. The number of carbonyl (C=O) groups excluding carboxylic acids is 1. The molecule has 1 fully saturated rings. The van der Waals surface area contributed by atoms with E-state index in [1.54, 1.807) is 0 Å². The SMILES string of the molecule is O=C1NCCC([C@@H](O)[C@H](O)CO)C1S. The van der Waals surface area contributed by atoms with Crippen LogP contribution in [0.15, 0.2) is 0 Å². The summed E-state index contributed by atoms with van der Waals surface area (Å²) >= 11 is 4.06. The number of amides is 1. The zero-order valence-electron chi connectivity index (χ0n) is 7.63. The summed E-state index contributed by atoms with van der Waals surface area (Å²) < 4.78 is 0. The van der Waals surface area contributed by atoms with Crippen LogP contribution in [0, 0.1) is 5.92 Å². The van der Waals surface area contributed by atoms with Crippen LogP contribution >= 0.6 is 12.6 Å². The van der Waals surface area contributed by atoms with E-state index in [1.807, 2.05) is 0 Å². The zero-order chi connectivity index (χ0) is 10.7. The molecule has 1 aliphatic rings. The molecule has 0 spiro atoms. The number of piperidine rings is 1. The molecule has 1 amide bonds. The third-order valence-corrected chi connectivity index (χ3v) is 3.09. The lowest BCUT2D eigenvalue weighted by atomic mass is 9.88. The lowest BCUT2D eigenvalue weighted by Crippen LogP contribution is -2.50. The molecule has 1 aliphatic heterocycles. The number of aliphatic hydroxyl groups excluding tert-OH is 3. The zero-order valence-corrected chi connectivity index (χ0v) is 8.52. The van der Waals surface area contributed by atoms with Crippen molar-refractivity contribution in [1.29, 1.82) is 0 Å². The minimum Gasteiger partial charge on any atom is -0.394 e. The minimum atomic E-state index is -1.21. The Hall–Kier alpha value is -0.300. The Morgan fingerprint density at radius 1 is 1.57 bits per heavy atom. The minimum absolute atomic E-state index is 0.242. The van der Waals surface area contributed by atoms with Gasteiger partial charge in [-0.25, -0.2) is 0 Å². The Labute approximate surface area is 87.5 Å². The quantitative estimate of drug-likeness (QED) is 0.361. The van der Waals surface area contributed by atoms with E-state index in [9.17, 15) is 15.0 Å². The Bertz CT molecular complexity index is 214. The molecular weight excluding hydrogens is 206 g/mol. The molecule has 4 N–H and O–H groups in total. The van der Waals surface area contributed by atoms with Crippen LogP contribution in [0.3, 0.4) is 0 Å². The second-order valence-electron chi connectivity index (χ2n) is 3.43. The van der Waals surface area contributed by atoms with Crippen LogP contribution in [0.25, 0.3) is 0 Å². The van der Waals surface area contributed by atoms with E-state index < -0.39 is 30.0 Å². The van der Waals surface area contributed by atoms with Gasteiger partial charge in [0, 0.05) is 12.5 Å². The van der Waals surface area contributed by atoms with Crippen molar-refractivity contribution in [3.63, 3.8) is 0 Å². The van der Waals surface area contributed by atoms with Gasteiger partial charge in [0.05, 0.1) is 18.0 Å². The lowest BCUT2D eigenvalue weighted by molar-refractivity contribution is -0.126. The van der Waals surface area contributed by atoms with Gasteiger partial charge in [0.25, 0.3) is 0 Å². The molecule has 0 radical (unpaired) electrons. The highest BCUT2D eigenvalue weighted by Gasteiger charge is 2.36. The number of thiol groups is 1. The Morgan fingerprint density at radius 2 is 2.21 bits per heavy atom. The van der Waals surface area contributed by atoms with Crippen molar-refractivity contribution >= 4 is 18.5 Å². The van der Waals surface area contributed by atoms with E-state index in [4.69, 9.17) is 5.11 Å². The summed E-state index contributed by atoms with van der Waals surface area (Å²) in [6.45, 7) is -0.0461. The largest absolute Gasteiger partial charge is 0.394 e. The number of rotatable bonds is 3. The number of carbonyl (C=O) groups is 1. The first kappa shape index (κ1) is 11.8. The average Bonchev–Trinajstić information content (AvgIpc) is 2.20. The molecule has 6 heteroatoms. The van der Waals surface area contributed by atoms with E-state index in [0.29, 0.717) is 13.0 Å². The molecule has 0 bridgehead atoms. The molecule has 1 heterocycles. The van der Waals surface area contributed by atoms with E-state index in [-0.39, 0.29) is 5.91 Å². The summed E-state index contributed by atoms with van der Waals surface area (Å²) in [6.07, 6.45) is -1.76. The normalized spacial score (nSPS) is 32.1. The Balaban J connectivity index is 2.61. The summed E-state index contributed by atoms with van der Waals surface area (Å²) in [6, 6.07) is 0. The van der Waals surface area contributed by atoms with Crippen LogP contribution in [0.2, 0.25) is 0 Å². The molecular formula is C8H15NO4S. The number of hydrogen-bond acceptors (Lipinski definition) is 5. The Kier molecular flexibility index (Phi) is 4.18. The third kappa shape index (κ3) is 2.38. The van der Waals surface area contributed by atoms with E-state index in [0.717, 1.165) is 0 Å². The molecule has 1 saturated heterocycles. The highest BCUT2D eigenvalue weighted by molar-refractivity contribution is 7.81. The van der Waals surface area contributed by atoms with Gasteiger partial charge in [0.1, 0.15) is 6.10 Å². The van der Waals surface area contributed by atoms with Crippen molar-refractivity contribution in [2.75, 3.05) is 13.2 Å². The van der Waals surface area contributed by atoms with Gasteiger partial charge in [-0.3, -0.25) is 4.79 Å². The lowest BCUT2D eigenvalue weighted by Gasteiger charge is -2.33. The Morgan fingerprint density at radius 3 is 2.79 bits per heavy atom. The molecule has 0 saturated carbocycles. The predicted octanol–water partition coefficient (Wildman–Crippen LogP) is -1.87. The molecule has 0 aromatic carbocycles. The second kappa shape index (κ2) is 4.97. The summed E-state index contributed by atoms with van der Waals surface area (Å²) in [7, 11) is 0. The molecule has 5 nitrogen and oxygen atoms in total. The average molecular weight is 221 g/mol. The van der Waals surface area contributed by atoms with Gasteiger partial charge in [-0.1, -0.05) is 0 Å². The second-order valence-corrected chi connectivity index (χ2v) is 3.99. The van der Waals surface area contributed by atoms with Crippen molar-refractivity contribution < 1.29 is 20.1 Å². The summed E-state index contributed by atoms with van der Waals surface area (Å²) in [5, 5.41) is 29.4. The predicted molar refractivity (Wildman–Crippen MR) is 53.0 cm³/mol. The van der Waals surface area contributed by atoms with E-state index in [2.05, 4.69) is 17.9 Å². The van der Waals surface area contributed by atoms with E-state index in [1.165, 1.54) is 0 Å². The summed E-state index contributed by atoms with van der Waals surface area (Å²) in [5.41, 5.74) is 0. The molecule has 0 aromatic rings. The number of aliphatic hydroxyl groups is 3. The molecule has 14 heavy (non-hydrogen) atoms. The monoisotopic (exact) mass is 221 g/mol. The fraction of sp³-hybridized carbons (Fsp3) is 0.875. The van der Waals surface area contributed by atoms with Crippen LogP contribution in [0.1, 0.15) is 6.42 Å². The first-order valence-electron chi connectivity index (χ1n) is 4.50. The molecule has 1 rings (SSSR count). The van der Waals surface area contributed by atoms with Gasteiger partial charge in [0.2, 0.25) is 5.91 Å². The van der Waals surface area contributed by atoms with Crippen molar-refractivity contribution in [3.8, 4) is 0 Å². The maximum atomic E-state index is 11.2. The summed E-state index contributed by atoms with van der Waals surface area (Å²) in [4.78, 5) is 11.2. The molecule has 4 atom stereocenters. The molecule has 82 valence electrons. The first-order chi connectivity index (χ1) is 6.57. The van der Waals surface area contributed by atoms with Gasteiger partial charge in [-0.15, -0.1) is 0 Å². The maximum absolute atomic E-state index is 11.2. The van der Waals surface area contributed by atoms with Gasteiger partial charge in [0.15, 0.2) is 0 Å². The van der Waals surface area contributed by atoms with E-state index >= 15 is 0 Å². The summed E-state index contributed by atoms with van der Waals surface area (Å²) in [5.74, 6) is -0.650. The fourth-order valence-electron chi connectivity index (χ4n) is 1.57. The van der Waals surface area contributed by atoms with Gasteiger partial charge in [-0.05, 0) is 6.42 Å². The standard InChI is InChI=1S/C8H15NO4S/c10-3-5(11)6(12)4-1-2-9-8(13)7(4)14/h4-7,10-12,14H,1-3H2,(H,9,13)/t4?,5-,6-,7?/m1/s1. The van der Waals surface area contributed by atoms with Gasteiger partial charge >= 0.3 is 0 Å². The molecule has 0 aromatic heterocycles. The smallest absolute Gasteiger partial charge is 0.233 e. The van der Waals surface area contributed by atoms with Crippen molar-refractivity contribution in [2.24, 2.45) is 5.92 Å². The van der Waals surface area contributed by atoms with Crippen LogP contribution < -0.4 is 5.32 Å². The fourth-order valence-corrected chi connectivity index (χ4v) is 1.99. The first-order valence-corrected chi connectivity index (χ1v) is 5.02. The molecule has 0 aliphatic carbocycles. The molecule has 2 unspecified atom stereocenters. The van der Waals surface area contributed by atoms with Crippen LogP contribution in [0.5, 0.6) is 0 Å². The van der Waals surface area contributed by atoms with Crippen LogP contribution in [0.4, 0.5) is 0 Å². The van der Waals surface area contributed by atoms with Crippen molar-refractivity contribution in [3.05, 3.63) is 0 Å². The highest BCUT2D eigenvalue weighted by Crippen LogP contribution is 2.23. The van der Waals surface area contributed by atoms with Crippen molar-refractivity contribution in [1.82, 2.24) is 5.32 Å². The van der Waals surface area contributed by atoms with Crippen molar-refractivity contribution in [2.45, 2.75) is 23.9 Å². The number of hydrogen-bond donors (Lipinski definition) is 5. The van der Waals surface area contributed by atoms with Crippen LogP contribution in [-0.2, 0) is 4.79 Å². The van der Waals surface area contributed by atoms with Gasteiger partial charge in [-0.2, -0.15) is 12.6 Å². The topological polar surface area (TPSA) is 89.8 Å². The number of nitrogens with one attached hydrogen (secondary N) is 1.